The molecule has 102 valence electrons. The van der Waals surface area contributed by atoms with E-state index in [0.29, 0.717) is 24.7 Å². The van der Waals surface area contributed by atoms with Crippen LogP contribution in [0.25, 0.3) is 0 Å². The number of nitrogens with zero attached hydrogens (tertiary/aromatic N) is 4. The Morgan fingerprint density at radius 2 is 2.11 bits per heavy atom. The summed E-state index contributed by atoms with van der Waals surface area (Å²) in [7, 11) is 0. The molecule has 6 nitrogen and oxygen atoms in total. The molecule has 0 aliphatic heterocycles. The van der Waals surface area contributed by atoms with Crippen molar-refractivity contribution in [1.82, 2.24) is 20.1 Å². The predicted octanol–water partition coefficient (Wildman–Crippen LogP) is 2.71. The zero-order valence-electron chi connectivity index (χ0n) is 11.1. The van der Waals surface area contributed by atoms with Gasteiger partial charge in [-0.15, -0.1) is 0 Å². The predicted molar refractivity (Wildman–Crippen MR) is 75.0 cm³/mol. The summed E-state index contributed by atoms with van der Waals surface area (Å²) in [5.41, 5.74) is 0. The Morgan fingerprint density at radius 3 is 2.74 bits per heavy atom. The van der Waals surface area contributed by atoms with E-state index in [-0.39, 0.29) is 5.92 Å². The summed E-state index contributed by atoms with van der Waals surface area (Å²) in [6.45, 7) is 6.61. The van der Waals surface area contributed by atoms with Crippen LogP contribution in [0.5, 0.6) is 0 Å². The summed E-state index contributed by atoms with van der Waals surface area (Å²) in [4.78, 5) is 12.9. The van der Waals surface area contributed by atoms with Gasteiger partial charge in [0.05, 0.1) is 0 Å². The summed E-state index contributed by atoms with van der Waals surface area (Å²) in [6, 6.07) is 1.85. The van der Waals surface area contributed by atoms with Crippen LogP contribution in [0.3, 0.4) is 0 Å². The lowest BCUT2D eigenvalue weighted by molar-refractivity contribution is 0.377. The van der Waals surface area contributed by atoms with Gasteiger partial charge in [-0.05, 0) is 22.9 Å². The average Bonchev–Trinajstić information content (AvgIpc) is 2.74. The van der Waals surface area contributed by atoms with Crippen molar-refractivity contribution in [2.75, 3.05) is 11.9 Å². The molecule has 19 heavy (non-hydrogen) atoms. The van der Waals surface area contributed by atoms with E-state index in [1.807, 2.05) is 6.07 Å². The second kappa shape index (κ2) is 6.10. The molecule has 0 saturated heterocycles. The molecule has 0 unspecified atom stereocenters. The molecule has 2 heterocycles. The van der Waals surface area contributed by atoms with Crippen molar-refractivity contribution in [3.05, 3.63) is 28.2 Å². The molecule has 0 atom stereocenters. The SMILES string of the molecule is Cc1noc(CCNc2cc(Br)nc(C(C)C)n2)n1. The Morgan fingerprint density at radius 1 is 1.32 bits per heavy atom. The molecule has 0 fully saturated rings. The Kier molecular flexibility index (Phi) is 4.47. The van der Waals surface area contributed by atoms with E-state index in [2.05, 4.69) is 55.2 Å². The molecule has 0 aliphatic rings. The Bertz CT molecular complexity index is 555. The standard InChI is InChI=1S/C12H16BrN5O/c1-7(2)12-16-9(13)6-10(17-12)14-5-4-11-15-8(3)18-19-11/h6-7H,4-5H2,1-3H3,(H,14,16,17). The van der Waals surface area contributed by atoms with Gasteiger partial charge in [0.1, 0.15) is 16.2 Å². The van der Waals surface area contributed by atoms with Gasteiger partial charge in [-0.3, -0.25) is 0 Å². The average molecular weight is 326 g/mol. The van der Waals surface area contributed by atoms with E-state index in [0.717, 1.165) is 16.2 Å². The van der Waals surface area contributed by atoms with Crippen LogP contribution in [-0.2, 0) is 6.42 Å². The number of halogens is 1. The van der Waals surface area contributed by atoms with Gasteiger partial charge in [-0.25, -0.2) is 9.97 Å². The highest BCUT2D eigenvalue weighted by molar-refractivity contribution is 9.10. The summed E-state index contributed by atoms with van der Waals surface area (Å²) < 4.78 is 5.82. The fourth-order valence-corrected chi connectivity index (χ4v) is 1.92. The van der Waals surface area contributed by atoms with E-state index in [1.54, 1.807) is 6.92 Å². The maximum Gasteiger partial charge on any atom is 0.228 e. The van der Waals surface area contributed by atoms with E-state index >= 15 is 0 Å². The number of rotatable bonds is 5. The zero-order chi connectivity index (χ0) is 13.8. The first-order chi connectivity index (χ1) is 9.04. The molecule has 7 heteroatoms. The number of hydrogen-bond acceptors (Lipinski definition) is 6. The Balaban J connectivity index is 1.95. The van der Waals surface area contributed by atoms with Crippen LogP contribution in [0.2, 0.25) is 0 Å². The zero-order valence-corrected chi connectivity index (χ0v) is 12.7. The number of hydrogen-bond donors (Lipinski definition) is 1. The van der Waals surface area contributed by atoms with Crippen LogP contribution in [-0.4, -0.2) is 26.7 Å². The highest BCUT2D eigenvalue weighted by Crippen LogP contribution is 2.17. The van der Waals surface area contributed by atoms with Crippen LogP contribution >= 0.6 is 15.9 Å². The highest BCUT2D eigenvalue weighted by atomic mass is 79.9. The molecule has 2 rings (SSSR count). The first-order valence-corrected chi connectivity index (χ1v) is 6.91. The number of aromatic nitrogens is 4. The lowest BCUT2D eigenvalue weighted by Gasteiger charge is -2.08. The minimum atomic E-state index is 0.289. The van der Waals surface area contributed by atoms with Crippen molar-refractivity contribution < 1.29 is 4.52 Å². The summed E-state index contributed by atoms with van der Waals surface area (Å²) >= 11 is 3.39. The van der Waals surface area contributed by atoms with Crippen molar-refractivity contribution in [3.8, 4) is 0 Å². The van der Waals surface area contributed by atoms with Crippen LogP contribution < -0.4 is 5.32 Å². The third-order valence-corrected chi connectivity index (χ3v) is 2.85. The summed E-state index contributed by atoms with van der Waals surface area (Å²) in [5.74, 6) is 3.17. The van der Waals surface area contributed by atoms with E-state index in [1.165, 1.54) is 0 Å². The van der Waals surface area contributed by atoms with Gasteiger partial charge in [0.2, 0.25) is 5.89 Å². The summed E-state index contributed by atoms with van der Waals surface area (Å²) in [6.07, 6.45) is 0.666. The van der Waals surface area contributed by atoms with Gasteiger partial charge in [-0.2, -0.15) is 4.98 Å². The maximum atomic E-state index is 5.04. The molecule has 0 saturated carbocycles. The van der Waals surface area contributed by atoms with Crippen LogP contribution in [0.4, 0.5) is 5.82 Å². The molecular formula is C12H16BrN5O. The molecule has 2 aromatic rings. The van der Waals surface area contributed by atoms with Gasteiger partial charge >= 0.3 is 0 Å². The van der Waals surface area contributed by atoms with Crippen molar-refractivity contribution >= 4 is 21.7 Å². The van der Waals surface area contributed by atoms with E-state index in [9.17, 15) is 0 Å². The van der Waals surface area contributed by atoms with Crippen LogP contribution in [0.1, 0.15) is 37.3 Å². The quantitative estimate of drug-likeness (QED) is 0.852. The number of aryl methyl sites for hydroxylation is 1. The topological polar surface area (TPSA) is 76.7 Å². The molecule has 0 radical (unpaired) electrons. The maximum absolute atomic E-state index is 5.04. The lowest BCUT2D eigenvalue weighted by atomic mass is 10.2. The highest BCUT2D eigenvalue weighted by Gasteiger charge is 2.07. The smallest absolute Gasteiger partial charge is 0.228 e. The first-order valence-electron chi connectivity index (χ1n) is 6.12. The van der Waals surface area contributed by atoms with E-state index < -0.39 is 0 Å². The van der Waals surface area contributed by atoms with Gasteiger partial charge < -0.3 is 9.84 Å². The monoisotopic (exact) mass is 325 g/mol. The van der Waals surface area contributed by atoms with Gasteiger partial charge in [0.15, 0.2) is 5.82 Å². The lowest BCUT2D eigenvalue weighted by Crippen LogP contribution is -2.09. The Labute approximate surface area is 120 Å². The molecule has 1 N–H and O–H groups in total. The Hall–Kier alpha value is -1.50. The largest absolute Gasteiger partial charge is 0.369 e. The van der Waals surface area contributed by atoms with Crippen molar-refractivity contribution in [2.24, 2.45) is 0 Å². The van der Waals surface area contributed by atoms with Crippen LogP contribution in [0.15, 0.2) is 15.2 Å². The minimum absolute atomic E-state index is 0.289. The molecule has 0 spiro atoms. The van der Waals surface area contributed by atoms with Crippen molar-refractivity contribution in [2.45, 2.75) is 33.1 Å². The normalized spacial score (nSPS) is 11.0. The van der Waals surface area contributed by atoms with Gasteiger partial charge in [-0.1, -0.05) is 19.0 Å². The molecule has 2 aromatic heterocycles. The fraction of sp³-hybridized carbons (Fsp3) is 0.500. The molecule has 0 aromatic carbocycles. The number of anilines is 1. The second-order valence-corrected chi connectivity index (χ2v) is 5.31. The minimum Gasteiger partial charge on any atom is -0.369 e. The third kappa shape index (κ3) is 3.99. The molecular weight excluding hydrogens is 310 g/mol. The van der Waals surface area contributed by atoms with E-state index in [4.69, 9.17) is 4.52 Å². The van der Waals surface area contributed by atoms with Crippen molar-refractivity contribution in [3.63, 3.8) is 0 Å². The van der Waals surface area contributed by atoms with Crippen molar-refractivity contribution in [1.29, 1.82) is 0 Å². The molecule has 0 amide bonds. The van der Waals surface area contributed by atoms with Gasteiger partial charge in [0.25, 0.3) is 0 Å². The van der Waals surface area contributed by atoms with Gasteiger partial charge in [0, 0.05) is 24.9 Å². The van der Waals surface area contributed by atoms with Crippen LogP contribution in [0, 0.1) is 6.92 Å². The summed E-state index contributed by atoms with van der Waals surface area (Å²) in [5, 5.41) is 6.98. The number of nitrogens with one attached hydrogen (secondary N) is 1. The first kappa shape index (κ1) is 13.9. The molecule has 0 bridgehead atoms. The fourth-order valence-electron chi connectivity index (χ4n) is 1.52. The second-order valence-electron chi connectivity index (χ2n) is 4.50. The third-order valence-electron chi connectivity index (χ3n) is 2.44. The molecule has 0 aliphatic carbocycles.